The molecule has 1 amide bonds. The van der Waals surface area contributed by atoms with E-state index in [9.17, 15) is 4.79 Å². The van der Waals surface area contributed by atoms with Crippen molar-refractivity contribution in [2.24, 2.45) is 23.5 Å². The Kier molecular flexibility index (Phi) is 2.28. The monoisotopic (exact) mass is 182 g/mol. The highest BCUT2D eigenvalue weighted by Gasteiger charge is 2.47. The summed E-state index contributed by atoms with van der Waals surface area (Å²) in [6.07, 6.45) is 2.36. The average molecular weight is 182 g/mol. The molecule has 0 aromatic carbocycles. The van der Waals surface area contributed by atoms with Gasteiger partial charge in [0.15, 0.2) is 0 Å². The van der Waals surface area contributed by atoms with Gasteiger partial charge in [-0.05, 0) is 31.2 Å². The minimum atomic E-state index is 0.386. The molecular formula is C10H18N2O. The van der Waals surface area contributed by atoms with Gasteiger partial charge in [-0.3, -0.25) is 4.79 Å². The van der Waals surface area contributed by atoms with Crippen molar-refractivity contribution in [3.63, 3.8) is 0 Å². The third-order valence-corrected chi connectivity index (χ3v) is 3.26. The Labute approximate surface area is 79.3 Å². The summed E-state index contributed by atoms with van der Waals surface area (Å²) in [6.45, 7) is 4.60. The van der Waals surface area contributed by atoms with Crippen LogP contribution in [0.15, 0.2) is 0 Å². The Morgan fingerprint density at radius 2 is 2.46 bits per heavy atom. The summed E-state index contributed by atoms with van der Waals surface area (Å²) >= 11 is 0. The van der Waals surface area contributed by atoms with Gasteiger partial charge in [0.1, 0.15) is 0 Å². The number of carbonyl (C=O) groups excluding carboxylic acids is 1. The van der Waals surface area contributed by atoms with Crippen LogP contribution in [0.2, 0.25) is 0 Å². The molecule has 3 unspecified atom stereocenters. The molecule has 0 spiro atoms. The van der Waals surface area contributed by atoms with Gasteiger partial charge in [0.25, 0.3) is 0 Å². The van der Waals surface area contributed by atoms with E-state index in [0.717, 1.165) is 25.4 Å². The molecule has 3 nitrogen and oxygen atoms in total. The lowest BCUT2D eigenvalue weighted by Gasteiger charge is -2.28. The highest BCUT2D eigenvalue weighted by molar-refractivity contribution is 5.82. The minimum absolute atomic E-state index is 0.386. The molecule has 1 aliphatic heterocycles. The number of hydrogen-bond acceptors (Lipinski definition) is 2. The van der Waals surface area contributed by atoms with Crippen molar-refractivity contribution in [2.45, 2.75) is 19.8 Å². The van der Waals surface area contributed by atoms with Gasteiger partial charge in [0.2, 0.25) is 5.91 Å². The summed E-state index contributed by atoms with van der Waals surface area (Å²) in [7, 11) is 0. The molecular weight excluding hydrogens is 164 g/mol. The molecule has 2 N–H and O–H groups in total. The largest absolute Gasteiger partial charge is 0.342 e. The van der Waals surface area contributed by atoms with Crippen molar-refractivity contribution in [1.82, 2.24) is 4.90 Å². The molecule has 1 saturated heterocycles. The Bertz CT molecular complexity index is 217. The van der Waals surface area contributed by atoms with Gasteiger partial charge in [-0.2, -0.15) is 0 Å². The first-order valence-corrected chi connectivity index (χ1v) is 5.21. The third kappa shape index (κ3) is 1.70. The van der Waals surface area contributed by atoms with E-state index < -0.39 is 0 Å². The summed E-state index contributed by atoms with van der Waals surface area (Å²) in [6, 6.07) is 0. The zero-order chi connectivity index (χ0) is 9.42. The van der Waals surface area contributed by atoms with Gasteiger partial charge in [-0.1, -0.05) is 6.92 Å². The van der Waals surface area contributed by atoms with Crippen molar-refractivity contribution in [3.8, 4) is 0 Å². The Morgan fingerprint density at radius 3 is 3.15 bits per heavy atom. The molecule has 2 aliphatic rings. The second kappa shape index (κ2) is 3.29. The van der Waals surface area contributed by atoms with E-state index in [2.05, 4.69) is 6.92 Å². The van der Waals surface area contributed by atoms with Crippen LogP contribution in [0.25, 0.3) is 0 Å². The number of fused-ring (bicyclic) bond motifs is 1. The standard InChI is InChI=1S/C10H18N2O/c1-7(5-11)6-12-3-2-8-4-9(8)10(12)13/h7-9H,2-6,11H2,1H3. The van der Waals surface area contributed by atoms with E-state index in [-0.39, 0.29) is 0 Å². The summed E-state index contributed by atoms with van der Waals surface area (Å²) in [4.78, 5) is 13.7. The van der Waals surface area contributed by atoms with Gasteiger partial charge < -0.3 is 10.6 Å². The molecule has 0 aromatic heterocycles. The second-order valence-corrected chi connectivity index (χ2v) is 4.52. The zero-order valence-electron chi connectivity index (χ0n) is 8.20. The van der Waals surface area contributed by atoms with Crippen LogP contribution < -0.4 is 5.73 Å². The second-order valence-electron chi connectivity index (χ2n) is 4.52. The molecule has 2 rings (SSSR count). The van der Waals surface area contributed by atoms with Crippen LogP contribution in [-0.4, -0.2) is 30.4 Å². The van der Waals surface area contributed by atoms with Crippen molar-refractivity contribution >= 4 is 5.91 Å². The molecule has 1 saturated carbocycles. The van der Waals surface area contributed by atoms with Crippen LogP contribution in [0, 0.1) is 17.8 Å². The third-order valence-electron chi connectivity index (χ3n) is 3.26. The van der Waals surface area contributed by atoms with Crippen LogP contribution in [0.3, 0.4) is 0 Å². The normalized spacial score (nSPS) is 34.3. The van der Waals surface area contributed by atoms with Crippen molar-refractivity contribution in [2.75, 3.05) is 19.6 Å². The maximum Gasteiger partial charge on any atom is 0.225 e. The fourth-order valence-corrected chi connectivity index (χ4v) is 2.17. The molecule has 0 radical (unpaired) electrons. The number of amides is 1. The molecule has 1 heterocycles. The van der Waals surface area contributed by atoms with Crippen LogP contribution in [0.5, 0.6) is 0 Å². The van der Waals surface area contributed by atoms with E-state index in [1.54, 1.807) is 0 Å². The first kappa shape index (κ1) is 9.00. The van der Waals surface area contributed by atoms with Crippen molar-refractivity contribution in [1.29, 1.82) is 0 Å². The van der Waals surface area contributed by atoms with Gasteiger partial charge in [0, 0.05) is 19.0 Å². The molecule has 0 bridgehead atoms. The summed E-state index contributed by atoms with van der Waals surface area (Å²) < 4.78 is 0. The summed E-state index contributed by atoms with van der Waals surface area (Å²) in [5.41, 5.74) is 5.54. The molecule has 2 fully saturated rings. The number of carbonyl (C=O) groups is 1. The predicted octanol–water partition coefficient (Wildman–Crippen LogP) is 0.450. The van der Waals surface area contributed by atoms with Crippen LogP contribution >= 0.6 is 0 Å². The number of rotatable bonds is 3. The van der Waals surface area contributed by atoms with E-state index in [0.29, 0.717) is 24.3 Å². The van der Waals surface area contributed by atoms with Crippen molar-refractivity contribution < 1.29 is 4.79 Å². The number of likely N-dealkylation sites (tertiary alicyclic amines) is 1. The lowest BCUT2D eigenvalue weighted by atomic mass is 10.1. The Hall–Kier alpha value is -0.570. The predicted molar refractivity (Wildman–Crippen MR) is 51.0 cm³/mol. The number of nitrogens with two attached hydrogens (primary N) is 1. The highest BCUT2D eigenvalue weighted by Crippen LogP contribution is 2.45. The molecule has 3 heteroatoms. The highest BCUT2D eigenvalue weighted by atomic mass is 16.2. The van der Waals surface area contributed by atoms with E-state index in [4.69, 9.17) is 5.73 Å². The van der Waals surface area contributed by atoms with Gasteiger partial charge in [-0.15, -0.1) is 0 Å². The lowest BCUT2D eigenvalue weighted by Crippen LogP contribution is -2.41. The molecule has 0 aromatic rings. The van der Waals surface area contributed by atoms with Gasteiger partial charge in [0.05, 0.1) is 0 Å². The lowest BCUT2D eigenvalue weighted by molar-refractivity contribution is -0.135. The molecule has 1 aliphatic carbocycles. The van der Waals surface area contributed by atoms with Gasteiger partial charge in [-0.25, -0.2) is 0 Å². The Balaban J connectivity index is 1.88. The first-order chi connectivity index (χ1) is 6.22. The molecule has 13 heavy (non-hydrogen) atoms. The van der Waals surface area contributed by atoms with E-state index >= 15 is 0 Å². The summed E-state index contributed by atoms with van der Waals surface area (Å²) in [5.74, 6) is 1.95. The van der Waals surface area contributed by atoms with E-state index in [1.165, 1.54) is 6.42 Å². The average Bonchev–Trinajstić information content (AvgIpc) is 2.89. The van der Waals surface area contributed by atoms with Crippen LogP contribution in [-0.2, 0) is 4.79 Å². The quantitative estimate of drug-likeness (QED) is 0.689. The fourth-order valence-electron chi connectivity index (χ4n) is 2.17. The number of nitrogens with zero attached hydrogens (tertiary/aromatic N) is 1. The first-order valence-electron chi connectivity index (χ1n) is 5.21. The fraction of sp³-hybridized carbons (Fsp3) is 0.900. The summed E-state index contributed by atoms with van der Waals surface area (Å²) in [5, 5.41) is 0. The molecule has 74 valence electrons. The number of piperidine rings is 1. The maximum atomic E-state index is 11.7. The van der Waals surface area contributed by atoms with E-state index in [1.807, 2.05) is 4.90 Å². The van der Waals surface area contributed by atoms with Crippen LogP contribution in [0.1, 0.15) is 19.8 Å². The smallest absolute Gasteiger partial charge is 0.225 e. The maximum absolute atomic E-state index is 11.7. The molecule has 3 atom stereocenters. The van der Waals surface area contributed by atoms with Gasteiger partial charge >= 0.3 is 0 Å². The topological polar surface area (TPSA) is 46.3 Å². The van der Waals surface area contributed by atoms with Crippen molar-refractivity contribution in [3.05, 3.63) is 0 Å². The number of hydrogen-bond donors (Lipinski definition) is 1. The van der Waals surface area contributed by atoms with Crippen LogP contribution in [0.4, 0.5) is 0 Å². The zero-order valence-corrected chi connectivity index (χ0v) is 8.20. The Morgan fingerprint density at radius 1 is 1.69 bits per heavy atom. The minimum Gasteiger partial charge on any atom is -0.342 e. The SMILES string of the molecule is CC(CN)CN1CCC2CC2C1=O.